The van der Waals surface area contributed by atoms with Crippen LogP contribution >= 0.6 is 0 Å². The summed E-state index contributed by atoms with van der Waals surface area (Å²) in [6, 6.07) is 10.9. The van der Waals surface area contributed by atoms with Gasteiger partial charge in [0.1, 0.15) is 5.82 Å². The monoisotopic (exact) mass is 418 g/mol. The maximum absolute atomic E-state index is 13.9. The Bertz CT molecular complexity index is 1100. The molecule has 2 aromatic rings. The average molecular weight is 419 g/mol. The smallest absolute Gasteiger partial charge is 0.160 e. The highest BCUT2D eigenvalue weighted by Crippen LogP contribution is 2.21. The number of aryl methyl sites for hydroxylation is 2. The molecule has 3 nitrogen and oxygen atoms in total. The third-order valence-corrected chi connectivity index (χ3v) is 5.13. The zero-order chi connectivity index (χ0) is 23.1. The summed E-state index contributed by atoms with van der Waals surface area (Å²) in [6.07, 6.45) is 5.75. The zero-order valence-electron chi connectivity index (χ0n) is 19.4. The van der Waals surface area contributed by atoms with Gasteiger partial charge in [-0.25, -0.2) is 4.39 Å². The number of anilines is 1. The van der Waals surface area contributed by atoms with Crippen molar-refractivity contribution in [2.45, 2.75) is 48.5 Å². The van der Waals surface area contributed by atoms with Crippen LogP contribution in [0.15, 0.2) is 71.0 Å². The van der Waals surface area contributed by atoms with Crippen LogP contribution in [0.5, 0.6) is 0 Å². The van der Waals surface area contributed by atoms with Crippen molar-refractivity contribution in [1.29, 1.82) is 0 Å². The van der Waals surface area contributed by atoms with Gasteiger partial charge in [-0.05, 0) is 101 Å². The average Bonchev–Trinajstić information content (AvgIpc) is 2.71. The van der Waals surface area contributed by atoms with Crippen LogP contribution in [0.25, 0.3) is 5.57 Å². The molecule has 0 radical (unpaired) electrons. The molecule has 0 aliphatic heterocycles. The van der Waals surface area contributed by atoms with E-state index in [1.54, 1.807) is 26.1 Å². The molecule has 0 saturated heterocycles. The van der Waals surface area contributed by atoms with Gasteiger partial charge in [0.15, 0.2) is 5.78 Å². The van der Waals surface area contributed by atoms with Gasteiger partial charge in [-0.1, -0.05) is 24.3 Å². The molecule has 0 aliphatic rings. The number of Topliss-reactive ketones (excluding diaryl/α,β-unsaturated/α-hetero) is 1. The molecule has 1 N–H and O–H groups in total. The summed E-state index contributed by atoms with van der Waals surface area (Å²) in [5.74, 6) is -0.169. The van der Waals surface area contributed by atoms with Gasteiger partial charge in [-0.3, -0.25) is 9.79 Å². The van der Waals surface area contributed by atoms with Crippen molar-refractivity contribution in [3.63, 3.8) is 0 Å². The van der Waals surface area contributed by atoms with Crippen molar-refractivity contribution < 1.29 is 9.18 Å². The van der Waals surface area contributed by atoms with Crippen LogP contribution in [0.2, 0.25) is 0 Å². The Morgan fingerprint density at radius 1 is 1.00 bits per heavy atom. The first-order valence-electron chi connectivity index (χ1n) is 10.3. The minimum absolute atomic E-state index is 0.0517. The molecule has 2 aromatic carbocycles. The third-order valence-electron chi connectivity index (χ3n) is 5.13. The van der Waals surface area contributed by atoms with Gasteiger partial charge in [0.2, 0.25) is 0 Å². The number of halogens is 1. The second-order valence-electron chi connectivity index (χ2n) is 7.76. The van der Waals surface area contributed by atoms with Gasteiger partial charge >= 0.3 is 0 Å². The standard InChI is InChI=1S/C27H31FN2O/c1-8-9-18(3)27(30-24-12-13-25(22(7)31)19(4)14-24)21(6)29-16-20(5)23-11-10-17(2)26(28)15-23/h8-16,30H,1-7H3/b9-8-,20-16+,27-18+,29-21+. The second-order valence-corrected chi connectivity index (χ2v) is 7.76. The van der Waals surface area contributed by atoms with Crippen molar-refractivity contribution in [3.05, 3.63) is 94.1 Å². The van der Waals surface area contributed by atoms with E-state index in [4.69, 9.17) is 0 Å². The SMILES string of the molecule is C\C=C/C(C)=C(Nc1ccc(C(C)=O)c(C)c1)\C(C)=N\C=C(/C)c1ccc(C)c(F)c1. The maximum atomic E-state index is 13.9. The number of ketones is 1. The van der Waals surface area contributed by atoms with Crippen LogP contribution in [0.1, 0.15) is 61.7 Å². The number of hydrogen-bond acceptors (Lipinski definition) is 3. The quantitative estimate of drug-likeness (QED) is 0.288. The van der Waals surface area contributed by atoms with E-state index in [1.165, 1.54) is 6.07 Å². The minimum Gasteiger partial charge on any atom is -0.354 e. The zero-order valence-corrected chi connectivity index (χ0v) is 19.4. The van der Waals surface area contributed by atoms with Crippen LogP contribution in [0, 0.1) is 19.7 Å². The summed E-state index contributed by atoms with van der Waals surface area (Å²) in [4.78, 5) is 16.4. The van der Waals surface area contributed by atoms with E-state index in [2.05, 4.69) is 10.3 Å². The molecule has 0 spiro atoms. The molecule has 4 heteroatoms. The Labute approximate surface area is 185 Å². The van der Waals surface area contributed by atoms with E-state index >= 15 is 0 Å². The summed E-state index contributed by atoms with van der Waals surface area (Å²) >= 11 is 0. The van der Waals surface area contributed by atoms with Crippen LogP contribution in [0.3, 0.4) is 0 Å². The van der Waals surface area contributed by atoms with Crippen molar-refractivity contribution in [3.8, 4) is 0 Å². The lowest BCUT2D eigenvalue weighted by Gasteiger charge is -2.15. The summed E-state index contributed by atoms with van der Waals surface area (Å²) in [6.45, 7) is 13.1. The van der Waals surface area contributed by atoms with E-state index in [-0.39, 0.29) is 11.6 Å². The number of carbonyl (C=O) groups is 1. The van der Waals surface area contributed by atoms with Gasteiger partial charge in [0.25, 0.3) is 0 Å². The summed E-state index contributed by atoms with van der Waals surface area (Å²) in [5, 5.41) is 3.45. The predicted molar refractivity (Wildman–Crippen MR) is 130 cm³/mol. The lowest BCUT2D eigenvalue weighted by Crippen LogP contribution is -2.11. The summed E-state index contributed by atoms with van der Waals surface area (Å²) < 4.78 is 13.9. The molecule has 0 amide bonds. The number of benzene rings is 2. The first kappa shape index (κ1) is 24.0. The van der Waals surface area contributed by atoms with E-state index in [1.807, 2.05) is 71.0 Å². The second kappa shape index (κ2) is 10.7. The van der Waals surface area contributed by atoms with Gasteiger partial charge < -0.3 is 5.32 Å². The number of nitrogens with zero attached hydrogens (tertiary/aromatic N) is 1. The Morgan fingerprint density at radius 2 is 1.71 bits per heavy atom. The molecular weight excluding hydrogens is 387 g/mol. The molecule has 0 fully saturated rings. The molecular formula is C27H31FN2O. The number of rotatable bonds is 7. The summed E-state index contributed by atoms with van der Waals surface area (Å²) in [7, 11) is 0. The number of allylic oxidation sites excluding steroid dienone is 5. The topological polar surface area (TPSA) is 41.5 Å². The normalized spacial score (nSPS) is 13.4. The van der Waals surface area contributed by atoms with E-state index in [9.17, 15) is 9.18 Å². The Morgan fingerprint density at radius 3 is 2.29 bits per heavy atom. The summed E-state index contributed by atoms with van der Waals surface area (Å²) in [5.41, 5.74) is 7.55. The largest absolute Gasteiger partial charge is 0.354 e. The molecule has 162 valence electrons. The van der Waals surface area contributed by atoms with E-state index in [0.29, 0.717) is 5.56 Å². The molecule has 2 rings (SSSR count). The lowest BCUT2D eigenvalue weighted by molar-refractivity contribution is 0.101. The molecule has 0 atom stereocenters. The fraction of sp³-hybridized carbons (Fsp3) is 0.259. The van der Waals surface area contributed by atoms with Crippen LogP contribution in [-0.2, 0) is 0 Å². The fourth-order valence-electron chi connectivity index (χ4n) is 3.26. The molecule has 0 unspecified atom stereocenters. The maximum Gasteiger partial charge on any atom is 0.160 e. The van der Waals surface area contributed by atoms with Crippen molar-refractivity contribution in [2.75, 3.05) is 5.32 Å². The third kappa shape index (κ3) is 6.35. The van der Waals surface area contributed by atoms with E-state index in [0.717, 1.165) is 44.9 Å². The highest BCUT2D eigenvalue weighted by atomic mass is 19.1. The lowest BCUT2D eigenvalue weighted by atomic mass is 10.0. The molecule has 0 aliphatic carbocycles. The van der Waals surface area contributed by atoms with Gasteiger partial charge in [-0.15, -0.1) is 0 Å². The van der Waals surface area contributed by atoms with Gasteiger partial charge in [-0.2, -0.15) is 0 Å². The first-order valence-corrected chi connectivity index (χ1v) is 10.3. The van der Waals surface area contributed by atoms with Crippen molar-refractivity contribution in [2.24, 2.45) is 4.99 Å². The Balaban J connectivity index is 2.39. The van der Waals surface area contributed by atoms with Crippen LogP contribution in [0.4, 0.5) is 10.1 Å². The first-order chi connectivity index (χ1) is 14.6. The molecule has 0 saturated carbocycles. The van der Waals surface area contributed by atoms with Crippen molar-refractivity contribution in [1.82, 2.24) is 0 Å². The number of aliphatic imine (C=N–C) groups is 1. The van der Waals surface area contributed by atoms with Gasteiger partial charge in [0, 0.05) is 17.5 Å². The highest BCUT2D eigenvalue weighted by molar-refractivity contribution is 6.02. The van der Waals surface area contributed by atoms with Crippen LogP contribution in [-0.4, -0.2) is 11.5 Å². The van der Waals surface area contributed by atoms with E-state index < -0.39 is 0 Å². The number of nitrogens with one attached hydrogen (secondary N) is 1. The predicted octanol–water partition coefficient (Wildman–Crippen LogP) is 7.43. The van der Waals surface area contributed by atoms with Gasteiger partial charge in [0.05, 0.1) is 11.4 Å². The number of hydrogen-bond donors (Lipinski definition) is 1. The minimum atomic E-state index is -0.221. The van der Waals surface area contributed by atoms with Crippen LogP contribution < -0.4 is 5.32 Å². The highest BCUT2D eigenvalue weighted by Gasteiger charge is 2.09. The molecule has 0 aromatic heterocycles. The molecule has 31 heavy (non-hydrogen) atoms. The Kier molecular flexibility index (Phi) is 8.26. The molecule has 0 bridgehead atoms. The van der Waals surface area contributed by atoms with Crippen molar-refractivity contribution >= 4 is 22.8 Å². The molecule has 0 heterocycles. The number of carbonyl (C=O) groups excluding carboxylic acids is 1. The Hall–Kier alpha value is -3.27. The fourth-order valence-corrected chi connectivity index (χ4v) is 3.26.